The Morgan fingerprint density at radius 3 is 2.69 bits per heavy atom. The van der Waals surface area contributed by atoms with E-state index in [1.807, 2.05) is 0 Å². The van der Waals surface area contributed by atoms with Crippen molar-refractivity contribution in [3.05, 3.63) is 36.5 Å². The van der Waals surface area contributed by atoms with Gasteiger partial charge in [0.15, 0.2) is 0 Å². The van der Waals surface area contributed by atoms with Crippen molar-refractivity contribution in [3.8, 4) is 0 Å². The Morgan fingerprint density at radius 1 is 1.19 bits per heavy atom. The first-order chi connectivity index (χ1) is 7.62. The smallest absolute Gasteiger partial charge is 0.0480 e. The molecule has 0 bridgehead atoms. The van der Waals surface area contributed by atoms with Crippen molar-refractivity contribution >= 4 is 10.9 Å². The van der Waals surface area contributed by atoms with E-state index in [1.165, 1.54) is 10.9 Å². The van der Waals surface area contributed by atoms with Crippen LogP contribution in [-0.2, 0) is 6.54 Å². The number of rotatable bonds is 4. The molecule has 0 amide bonds. The van der Waals surface area contributed by atoms with Crippen LogP contribution < -0.4 is 5.73 Å². The summed E-state index contributed by atoms with van der Waals surface area (Å²) >= 11 is 0. The van der Waals surface area contributed by atoms with Crippen molar-refractivity contribution in [1.82, 2.24) is 4.57 Å². The second-order valence-corrected chi connectivity index (χ2v) is 5.19. The zero-order chi connectivity index (χ0) is 11.6. The Morgan fingerprint density at radius 2 is 1.94 bits per heavy atom. The van der Waals surface area contributed by atoms with Gasteiger partial charge in [0.05, 0.1) is 0 Å². The van der Waals surface area contributed by atoms with Crippen LogP contribution in [0.5, 0.6) is 0 Å². The van der Waals surface area contributed by atoms with Gasteiger partial charge >= 0.3 is 0 Å². The zero-order valence-electron chi connectivity index (χ0n) is 10.1. The zero-order valence-corrected chi connectivity index (χ0v) is 10.1. The van der Waals surface area contributed by atoms with Crippen LogP contribution in [0.1, 0.15) is 20.3 Å². The molecule has 16 heavy (non-hydrogen) atoms. The molecular formula is C14H20N2. The number of aryl methyl sites for hydroxylation is 1. The molecule has 2 heteroatoms. The fourth-order valence-corrected chi connectivity index (χ4v) is 1.86. The Balaban J connectivity index is 2.16. The standard InChI is InChI=1S/C14H20N2/c1-14(2,11-15)8-10-16-9-7-12-5-3-4-6-13(12)16/h3-7,9H,8,10-11,15H2,1-2H3. The number of para-hydroxylation sites is 1. The van der Waals surface area contributed by atoms with E-state index < -0.39 is 0 Å². The van der Waals surface area contributed by atoms with E-state index in [-0.39, 0.29) is 5.41 Å². The minimum absolute atomic E-state index is 0.228. The van der Waals surface area contributed by atoms with E-state index in [0.717, 1.165) is 19.5 Å². The van der Waals surface area contributed by atoms with E-state index >= 15 is 0 Å². The van der Waals surface area contributed by atoms with Crippen LogP contribution in [-0.4, -0.2) is 11.1 Å². The van der Waals surface area contributed by atoms with Crippen molar-refractivity contribution < 1.29 is 0 Å². The largest absolute Gasteiger partial charge is 0.347 e. The molecule has 2 rings (SSSR count). The fraction of sp³-hybridized carbons (Fsp3) is 0.429. The first-order valence-corrected chi connectivity index (χ1v) is 5.86. The number of benzene rings is 1. The quantitative estimate of drug-likeness (QED) is 0.836. The maximum atomic E-state index is 5.75. The normalized spacial score (nSPS) is 12.2. The number of hydrogen-bond donors (Lipinski definition) is 1. The van der Waals surface area contributed by atoms with E-state index in [0.29, 0.717) is 0 Å². The van der Waals surface area contributed by atoms with Crippen LogP contribution in [0.2, 0.25) is 0 Å². The Bertz CT molecular complexity index is 468. The lowest BCUT2D eigenvalue weighted by Gasteiger charge is -2.22. The minimum atomic E-state index is 0.228. The molecule has 2 nitrogen and oxygen atoms in total. The molecule has 0 aliphatic heterocycles. The van der Waals surface area contributed by atoms with Gasteiger partial charge in [-0.15, -0.1) is 0 Å². The molecule has 2 N–H and O–H groups in total. The average molecular weight is 216 g/mol. The fourth-order valence-electron chi connectivity index (χ4n) is 1.86. The molecule has 0 spiro atoms. The summed E-state index contributed by atoms with van der Waals surface area (Å²) < 4.78 is 2.31. The summed E-state index contributed by atoms with van der Waals surface area (Å²) in [4.78, 5) is 0. The van der Waals surface area contributed by atoms with Gasteiger partial charge in [0.2, 0.25) is 0 Å². The summed E-state index contributed by atoms with van der Waals surface area (Å²) in [6.45, 7) is 6.22. The summed E-state index contributed by atoms with van der Waals surface area (Å²) in [7, 11) is 0. The molecule has 1 aromatic heterocycles. The molecule has 0 atom stereocenters. The summed E-state index contributed by atoms with van der Waals surface area (Å²) in [6, 6.07) is 10.7. The van der Waals surface area contributed by atoms with Crippen LogP contribution in [0.4, 0.5) is 0 Å². The molecule has 86 valence electrons. The highest BCUT2D eigenvalue weighted by Crippen LogP contribution is 2.22. The second-order valence-electron chi connectivity index (χ2n) is 5.19. The highest BCUT2D eigenvalue weighted by Gasteiger charge is 2.15. The molecular weight excluding hydrogens is 196 g/mol. The second kappa shape index (κ2) is 4.30. The monoisotopic (exact) mass is 216 g/mol. The van der Waals surface area contributed by atoms with Crippen molar-refractivity contribution in [2.45, 2.75) is 26.8 Å². The topological polar surface area (TPSA) is 30.9 Å². The molecule has 0 radical (unpaired) electrons. The van der Waals surface area contributed by atoms with Gasteiger partial charge in [-0.2, -0.15) is 0 Å². The lowest BCUT2D eigenvalue weighted by molar-refractivity contribution is 0.327. The molecule has 0 saturated heterocycles. The van der Waals surface area contributed by atoms with Crippen LogP contribution in [0.3, 0.4) is 0 Å². The minimum Gasteiger partial charge on any atom is -0.347 e. The van der Waals surface area contributed by atoms with Gasteiger partial charge in [0.1, 0.15) is 0 Å². The van der Waals surface area contributed by atoms with E-state index in [4.69, 9.17) is 5.73 Å². The lowest BCUT2D eigenvalue weighted by Crippen LogP contribution is -2.24. The molecule has 0 unspecified atom stereocenters. The summed E-state index contributed by atoms with van der Waals surface area (Å²) in [5.74, 6) is 0. The highest BCUT2D eigenvalue weighted by atomic mass is 14.9. The Kier molecular flexibility index (Phi) is 3.01. The summed E-state index contributed by atoms with van der Waals surface area (Å²) in [5.41, 5.74) is 7.29. The number of fused-ring (bicyclic) bond motifs is 1. The molecule has 2 aromatic rings. The highest BCUT2D eigenvalue weighted by molar-refractivity contribution is 5.79. The van der Waals surface area contributed by atoms with Crippen LogP contribution in [0.15, 0.2) is 36.5 Å². The lowest BCUT2D eigenvalue weighted by atomic mass is 9.90. The Labute approximate surface area is 97.1 Å². The molecule has 0 fully saturated rings. The Hall–Kier alpha value is -1.28. The summed E-state index contributed by atoms with van der Waals surface area (Å²) in [5, 5.41) is 1.31. The molecule has 0 saturated carbocycles. The van der Waals surface area contributed by atoms with Crippen molar-refractivity contribution in [2.24, 2.45) is 11.1 Å². The average Bonchev–Trinajstić information content (AvgIpc) is 2.70. The van der Waals surface area contributed by atoms with Gasteiger partial charge in [-0.3, -0.25) is 0 Å². The van der Waals surface area contributed by atoms with Gasteiger partial charge in [-0.05, 0) is 35.9 Å². The molecule has 1 heterocycles. The number of aromatic nitrogens is 1. The number of hydrogen-bond acceptors (Lipinski definition) is 1. The third-order valence-electron chi connectivity index (χ3n) is 3.26. The predicted octanol–water partition coefficient (Wildman–Crippen LogP) is 3.02. The summed E-state index contributed by atoms with van der Waals surface area (Å²) in [6.07, 6.45) is 3.28. The van der Waals surface area contributed by atoms with E-state index in [1.54, 1.807) is 0 Å². The van der Waals surface area contributed by atoms with Gasteiger partial charge in [-0.25, -0.2) is 0 Å². The van der Waals surface area contributed by atoms with Gasteiger partial charge in [-0.1, -0.05) is 32.0 Å². The third-order valence-corrected chi connectivity index (χ3v) is 3.26. The van der Waals surface area contributed by atoms with Crippen molar-refractivity contribution in [1.29, 1.82) is 0 Å². The predicted molar refractivity (Wildman–Crippen MR) is 69.4 cm³/mol. The van der Waals surface area contributed by atoms with E-state index in [2.05, 4.69) is 54.9 Å². The van der Waals surface area contributed by atoms with Crippen molar-refractivity contribution in [2.75, 3.05) is 6.54 Å². The third kappa shape index (κ3) is 2.27. The molecule has 0 aliphatic carbocycles. The molecule has 0 aliphatic rings. The van der Waals surface area contributed by atoms with E-state index in [9.17, 15) is 0 Å². The maximum absolute atomic E-state index is 5.75. The van der Waals surface area contributed by atoms with Crippen molar-refractivity contribution in [3.63, 3.8) is 0 Å². The van der Waals surface area contributed by atoms with Crippen LogP contribution >= 0.6 is 0 Å². The maximum Gasteiger partial charge on any atom is 0.0480 e. The van der Waals surface area contributed by atoms with Crippen LogP contribution in [0, 0.1) is 5.41 Å². The number of nitrogens with zero attached hydrogens (tertiary/aromatic N) is 1. The molecule has 1 aromatic carbocycles. The SMILES string of the molecule is CC(C)(CN)CCn1ccc2ccccc21. The van der Waals surface area contributed by atoms with Gasteiger partial charge < -0.3 is 10.3 Å². The first kappa shape index (κ1) is 11.2. The van der Waals surface area contributed by atoms with Crippen LogP contribution in [0.25, 0.3) is 10.9 Å². The number of nitrogens with two attached hydrogens (primary N) is 1. The van der Waals surface area contributed by atoms with Gasteiger partial charge in [0, 0.05) is 18.3 Å². The first-order valence-electron chi connectivity index (χ1n) is 5.86. The van der Waals surface area contributed by atoms with Gasteiger partial charge in [0.25, 0.3) is 0 Å².